The fourth-order valence-corrected chi connectivity index (χ4v) is 2.65. The molecule has 20 heavy (non-hydrogen) atoms. The molecular weight excluding hydrogens is 250 g/mol. The van der Waals surface area contributed by atoms with Crippen LogP contribution in [0.5, 0.6) is 0 Å². The molecule has 0 radical (unpaired) electrons. The van der Waals surface area contributed by atoms with Gasteiger partial charge in [0.25, 0.3) is 5.91 Å². The summed E-state index contributed by atoms with van der Waals surface area (Å²) < 4.78 is 0. The van der Waals surface area contributed by atoms with Crippen molar-refractivity contribution in [3.8, 4) is 0 Å². The maximum absolute atomic E-state index is 12.6. The first-order valence-corrected chi connectivity index (χ1v) is 6.90. The smallest absolute Gasteiger partial charge is 0.255 e. The van der Waals surface area contributed by atoms with Crippen molar-refractivity contribution in [3.63, 3.8) is 0 Å². The Balaban J connectivity index is 1.85. The fraction of sp³-hybridized carbons (Fsp3) is 0.312. The van der Waals surface area contributed by atoms with Crippen LogP contribution in [0.4, 0.5) is 0 Å². The molecule has 3 heterocycles. The van der Waals surface area contributed by atoms with Gasteiger partial charge in [-0.2, -0.15) is 0 Å². The van der Waals surface area contributed by atoms with E-state index in [0.29, 0.717) is 5.56 Å². The molecule has 1 aliphatic rings. The normalized spacial score (nSPS) is 18.2. The predicted molar refractivity (Wildman–Crippen MR) is 76.2 cm³/mol. The van der Waals surface area contributed by atoms with E-state index in [1.165, 1.54) is 0 Å². The minimum atomic E-state index is 0.0469. The van der Waals surface area contributed by atoms with Crippen molar-refractivity contribution in [1.82, 2.24) is 14.9 Å². The Kier molecular flexibility index (Phi) is 3.46. The fourth-order valence-electron chi connectivity index (χ4n) is 2.65. The zero-order valence-electron chi connectivity index (χ0n) is 11.5. The molecule has 0 bridgehead atoms. The lowest BCUT2D eigenvalue weighted by atomic mass is 10.1. The van der Waals surface area contributed by atoms with Crippen LogP contribution in [0.25, 0.3) is 0 Å². The second kappa shape index (κ2) is 5.41. The highest BCUT2D eigenvalue weighted by molar-refractivity contribution is 5.94. The maximum atomic E-state index is 12.6. The number of likely N-dealkylation sites (tertiary alicyclic amines) is 1. The SMILES string of the molecule is Cc1ccc(C(=O)N2CCCC2c2ccccn2)cn1. The molecule has 0 spiro atoms. The van der Waals surface area contributed by atoms with Crippen LogP contribution in [0.1, 0.15) is 40.6 Å². The number of aryl methyl sites for hydroxylation is 1. The van der Waals surface area contributed by atoms with Gasteiger partial charge in [0.2, 0.25) is 0 Å². The van der Waals surface area contributed by atoms with Gasteiger partial charge in [-0.1, -0.05) is 6.07 Å². The van der Waals surface area contributed by atoms with E-state index < -0.39 is 0 Å². The monoisotopic (exact) mass is 267 g/mol. The van der Waals surface area contributed by atoms with E-state index in [2.05, 4.69) is 9.97 Å². The topological polar surface area (TPSA) is 46.1 Å². The van der Waals surface area contributed by atoms with Gasteiger partial charge >= 0.3 is 0 Å². The maximum Gasteiger partial charge on any atom is 0.255 e. The molecule has 1 saturated heterocycles. The Labute approximate surface area is 118 Å². The molecule has 1 atom stereocenters. The Morgan fingerprint density at radius 3 is 2.85 bits per heavy atom. The number of carbonyl (C=O) groups excluding carboxylic acids is 1. The van der Waals surface area contributed by atoms with E-state index in [1.807, 2.05) is 42.2 Å². The number of hydrogen-bond acceptors (Lipinski definition) is 3. The third-order valence-corrected chi connectivity index (χ3v) is 3.70. The van der Waals surface area contributed by atoms with E-state index in [0.717, 1.165) is 30.8 Å². The molecule has 0 saturated carbocycles. The molecule has 1 unspecified atom stereocenters. The van der Waals surface area contributed by atoms with Crippen LogP contribution in [0.15, 0.2) is 42.7 Å². The van der Waals surface area contributed by atoms with Crippen LogP contribution in [-0.2, 0) is 0 Å². The zero-order valence-corrected chi connectivity index (χ0v) is 11.5. The average Bonchev–Trinajstić information content (AvgIpc) is 2.97. The molecule has 4 nitrogen and oxygen atoms in total. The number of amides is 1. The van der Waals surface area contributed by atoms with Crippen molar-refractivity contribution in [3.05, 3.63) is 59.7 Å². The molecule has 0 N–H and O–H groups in total. The molecule has 0 aromatic carbocycles. The highest BCUT2D eigenvalue weighted by Gasteiger charge is 2.31. The Bertz CT molecular complexity index is 595. The van der Waals surface area contributed by atoms with Crippen LogP contribution < -0.4 is 0 Å². The first kappa shape index (κ1) is 12.8. The average molecular weight is 267 g/mol. The molecule has 4 heteroatoms. The largest absolute Gasteiger partial charge is 0.330 e. The lowest BCUT2D eigenvalue weighted by molar-refractivity contribution is 0.0732. The number of carbonyl (C=O) groups is 1. The number of rotatable bonds is 2. The van der Waals surface area contributed by atoms with Crippen molar-refractivity contribution in [2.24, 2.45) is 0 Å². The summed E-state index contributed by atoms with van der Waals surface area (Å²) in [5, 5.41) is 0. The van der Waals surface area contributed by atoms with Crippen LogP contribution in [0, 0.1) is 6.92 Å². The number of nitrogens with zero attached hydrogens (tertiary/aromatic N) is 3. The van der Waals surface area contributed by atoms with Crippen LogP contribution in [0.2, 0.25) is 0 Å². The third-order valence-electron chi connectivity index (χ3n) is 3.70. The van der Waals surface area contributed by atoms with E-state index in [4.69, 9.17) is 0 Å². The van der Waals surface area contributed by atoms with E-state index >= 15 is 0 Å². The van der Waals surface area contributed by atoms with Gasteiger partial charge < -0.3 is 4.90 Å². The van der Waals surface area contributed by atoms with Crippen LogP contribution >= 0.6 is 0 Å². The third kappa shape index (κ3) is 2.41. The second-order valence-corrected chi connectivity index (χ2v) is 5.10. The zero-order chi connectivity index (χ0) is 13.9. The van der Waals surface area contributed by atoms with E-state index in [9.17, 15) is 4.79 Å². The first-order valence-electron chi connectivity index (χ1n) is 6.90. The highest BCUT2D eigenvalue weighted by atomic mass is 16.2. The molecule has 1 amide bonds. The summed E-state index contributed by atoms with van der Waals surface area (Å²) in [5.74, 6) is 0.0469. The van der Waals surface area contributed by atoms with E-state index in [-0.39, 0.29) is 11.9 Å². The summed E-state index contributed by atoms with van der Waals surface area (Å²) in [6, 6.07) is 9.66. The Hall–Kier alpha value is -2.23. The van der Waals surface area contributed by atoms with Crippen molar-refractivity contribution in [2.75, 3.05) is 6.54 Å². The van der Waals surface area contributed by atoms with E-state index in [1.54, 1.807) is 12.4 Å². The van der Waals surface area contributed by atoms with Gasteiger partial charge in [0.05, 0.1) is 17.3 Å². The Morgan fingerprint density at radius 1 is 1.25 bits per heavy atom. The van der Waals surface area contributed by atoms with Gasteiger partial charge in [-0.3, -0.25) is 14.8 Å². The van der Waals surface area contributed by atoms with Crippen LogP contribution in [-0.4, -0.2) is 27.3 Å². The summed E-state index contributed by atoms with van der Waals surface area (Å²) in [6.45, 7) is 2.70. The van der Waals surface area contributed by atoms with Crippen molar-refractivity contribution in [2.45, 2.75) is 25.8 Å². The quantitative estimate of drug-likeness (QED) is 0.840. The second-order valence-electron chi connectivity index (χ2n) is 5.10. The molecule has 3 rings (SSSR count). The summed E-state index contributed by atoms with van der Waals surface area (Å²) in [7, 11) is 0. The van der Waals surface area contributed by atoms with Gasteiger partial charge in [0.1, 0.15) is 0 Å². The minimum Gasteiger partial charge on any atom is -0.330 e. The van der Waals surface area contributed by atoms with Crippen molar-refractivity contribution in [1.29, 1.82) is 0 Å². The van der Waals surface area contributed by atoms with Crippen LogP contribution in [0.3, 0.4) is 0 Å². The summed E-state index contributed by atoms with van der Waals surface area (Å²) >= 11 is 0. The molecule has 0 aliphatic carbocycles. The van der Waals surface area contributed by atoms with Gasteiger partial charge in [-0.25, -0.2) is 0 Å². The first-order chi connectivity index (χ1) is 9.75. The number of aromatic nitrogens is 2. The predicted octanol–water partition coefficient (Wildman–Crippen LogP) is 2.76. The number of hydrogen-bond donors (Lipinski definition) is 0. The molecule has 1 fully saturated rings. The van der Waals surface area contributed by atoms with Gasteiger partial charge in [0.15, 0.2) is 0 Å². The lowest BCUT2D eigenvalue weighted by Crippen LogP contribution is -2.31. The van der Waals surface area contributed by atoms with Gasteiger partial charge in [-0.15, -0.1) is 0 Å². The minimum absolute atomic E-state index is 0.0469. The number of pyridine rings is 2. The molecule has 1 aliphatic heterocycles. The van der Waals surface area contributed by atoms with Crippen molar-refractivity contribution >= 4 is 5.91 Å². The highest BCUT2D eigenvalue weighted by Crippen LogP contribution is 2.31. The molecular formula is C16H17N3O. The molecule has 2 aromatic rings. The summed E-state index contributed by atoms with van der Waals surface area (Å²) in [6.07, 6.45) is 5.43. The standard InChI is InChI=1S/C16H17N3O/c1-12-7-8-13(11-18-12)16(20)19-10-4-6-15(19)14-5-2-3-9-17-14/h2-3,5,7-9,11,15H,4,6,10H2,1H3. The Morgan fingerprint density at radius 2 is 2.15 bits per heavy atom. The molecule has 102 valence electrons. The van der Waals surface area contributed by atoms with Gasteiger partial charge in [-0.05, 0) is 44.0 Å². The summed E-state index contributed by atoms with van der Waals surface area (Å²) in [4.78, 5) is 23.1. The van der Waals surface area contributed by atoms with Crippen molar-refractivity contribution < 1.29 is 4.79 Å². The molecule has 2 aromatic heterocycles. The lowest BCUT2D eigenvalue weighted by Gasteiger charge is -2.24. The summed E-state index contributed by atoms with van der Waals surface area (Å²) in [5.41, 5.74) is 2.54. The van der Waals surface area contributed by atoms with Gasteiger partial charge in [0, 0.05) is 24.6 Å².